The van der Waals surface area contributed by atoms with Crippen molar-refractivity contribution in [3.05, 3.63) is 16.3 Å². The number of anilines is 1. The molecule has 2 heterocycles. The number of hydrogen-bond acceptors (Lipinski definition) is 5. The fourth-order valence-electron chi connectivity index (χ4n) is 1.93. The Morgan fingerprint density at radius 3 is 2.74 bits per heavy atom. The summed E-state index contributed by atoms with van der Waals surface area (Å²) in [6.45, 7) is 6.61. The van der Waals surface area contributed by atoms with Crippen LogP contribution in [-0.2, 0) is 4.79 Å². The van der Waals surface area contributed by atoms with Crippen molar-refractivity contribution < 1.29 is 9.90 Å². The van der Waals surface area contributed by atoms with Crippen LogP contribution >= 0.6 is 11.3 Å². The first-order valence-corrected chi connectivity index (χ1v) is 7.00. The summed E-state index contributed by atoms with van der Waals surface area (Å²) in [5.74, 6) is 0.776. The summed E-state index contributed by atoms with van der Waals surface area (Å²) in [4.78, 5) is 21.6. The molecule has 0 fully saturated rings. The van der Waals surface area contributed by atoms with E-state index in [1.54, 1.807) is 11.3 Å². The Morgan fingerprint density at radius 1 is 1.32 bits per heavy atom. The van der Waals surface area contributed by atoms with E-state index in [2.05, 4.69) is 29.1 Å². The fraction of sp³-hybridized carbons (Fsp3) is 0.462. The Kier molecular flexibility index (Phi) is 3.99. The Balaban J connectivity index is 2.24. The molecule has 0 aromatic carbocycles. The van der Waals surface area contributed by atoms with Gasteiger partial charge in [-0.25, -0.2) is 9.97 Å². The minimum Gasteiger partial charge on any atom is -0.481 e. The first-order chi connectivity index (χ1) is 8.99. The molecule has 2 rings (SSSR count). The Labute approximate surface area is 115 Å². The number of rotatable bonds is 5. The number of aliphatic carboxylic acids is 1. The molecule has 0 unspecified atom stereocenters. The number of hydrogen-bond donors (Lipinski definition) is 2. The standard InChI is InChI=1S/C13H17N3O2S/c1-7-8(2)19-13-11(7)12(15-9(3)16-13)14-6-4-5-10(17)18/h4-6H2,1-3H3,(H,17,18)(H,14,15,16). The number of thiophene rings is 1. The maximum absolute atomic E-state index is 10.5. The second-order valence-corrected chi connectivity index (χ2v) is 5.71. The molecule has 0 bridgehead atoms. The van der Waals surface area contributed by atoms with E-state index in [1.165, 1.54) is 10.4 Å². The highest BCUT2D eigenvalue weighted by atomic mass is 32.1. The SMILES string of the molecule is Cc1nc(NCCCC(=O)O)c2c(C)c(C)sc2n1. The molecule has 0 aliphatic carbocycles. The lowest BCUT2D eigenvalue weighted by molar-refractivity contribution is -0.137. The zero-order valence-corrected chi connectivity index (χ0v) is 12.1. The van der Waals surface area contributed by atoms with Gasteiger partial charge in [0.2, 0.25) is 0 Å². The summed E-state index contributed by atoms with van der Waals surface area (Å²) in [6.07, 6.45) is 0.754. The molecule has 6 heteroatoms. The quantitative estimate of drug-likeness (QED) is 0.823. The van der Waals surface area contributed by atoms with Crippen LogP contribution in [0.25, 0.3) is 10.2 Å². The van der Waals surface area contributed by atoms with Gasteiger partial charge in [-0.15, -0.1) is 11.3 Å². The van der Waals surface area contributed by atoms with Crippen LogP contribution in [0.1, 0.15) is 29.1 Å². The van der Waals surface area contributed by atoms with Gasteiger partial charge >= 0.3 is 5.97 Å². The third-order valence-corrected chi connectivity index (χ3v) is 4.10. The number of fused-ring (bicyclic) bond motifs is 1. The third kappa shape index (κ3) is 3.01. The Bertz CT molecular complexity index is 622. The van der Waals surface area contributed by atoms with Crippen LogP contribution in [0.4, 0.5) is 5.82 Å². The van der Waals surface area contributed by atoms with Crippen molar-refractivity contribution in [2.75, 3.05) is 11.9 Å². The van der Waals surface area contributed by atoms with Crippen molar-refractivity contribution >= 4 is 33.3 Å². The number of nitrogens with zero attached hydrogens (tertiary/aromatic N) is 2. The molecule has 2 aromatic rings. The fourth-order valence-corrected chi connectivity index (χ4v) is 3.01. The van der Waals surface area contributed by atoms with Crippen molar-refractivity contribution in [1.82, 2.24) is 9.97 Å². The van der Waals surface area contributed by atoms with Crippen LogP contribution in [0.2, 0.25) is 0 Å². The summed E-state index contributed by atoms with van der Waals surface area (Å²) >= 11 is 1.67. The lowest BCUT2D eigenvalue weighted by Gasteiger charge is -2.07. The van der Waals surface area contributed by atoms with E-state index in [9.17, 15) is 4.79 Å². The second-order valence-electron chi connectivity index (χ2n) is 4.51. The van der Waals surface area contributed by atoms with Gasteiger partial charge in [0.1, 0.15) is 16.5 Å². The second kappa shape index (κ2) is 5.52. The summed E-state index contributed by atoms with van der Waals surface area (Å²) < 4.78 is 0. The summed E-state index contributed by atoms with van der Waals surface area (Å²) in [6, 6.07) is 0. The van der Waals surface area contributed by atoms with E-state index in [1.807, 2.05) is 6.92 Å². The van der Waals surface area contributed by atoms with Crippen molar-refractivity contribution in [3.8, 4) is 0 Å². The third-order valence-electron chi connectivity index (χ3n) is 3.00. The number of nitrogens with one attached hydrogen (secondary N) is 1. The van der Waals surface area contributed by atoms with E-state index in [0.29, 0.717) is 13.0 Å². The van der Waals surface area contributed by atoms with Gasteiger partial charge in [-0.2, -0.15) is 0 Å². The molecule has 0 aliphatic heterocycles. The van der Waals surface area contributed by atoms with Crippen molar-refractivity contribution in [2.24, 2.45) is 0 Å². The van der Waals surface area contributed by atoms with Gasteiger partial charge < -0.3 is 10.4 Å². The molecule has 0 amide bonds. The zero-order chi connectivity index (χ0) is 14.0. The Morgan fingerprint density at radius 2 is 2.05 bits per heavy atom. The summed E-state index contributed by atoms with van der Waals surface area (Å²) in [5, 5.41) is 12.9. The highest BCUT2D eigenvalue weighted by molar-refractivity contribution is 7.18. The smallest absolute Gasteiger partial charge is 0.303 e. The van der Waals surface area contributed by atoms with Gasteiger partial charge in [0.25, 0.3) is 0 Å². The highest BCUT2D eigenvalue weighted by Gasteiger charge is 2.13. The van der Waals surface area contributed by atoms with Crippen molar-refractivity contribution in [3.63, 3.8) is 0 Å². The minimum absolute atomic E-state index is 0.169. The Hall–Kier alpha value is -1.69. The number of carbonyl (C=O) groups is 1. The molecule has 0 spiro atoms. The van der Waals surface area contributed by atoms with Crippen molar-refractivity contribution in [1.29, 1.82) is 0 Å². The zero-order valence-electron chi connectivity index (χ0n) is 11.3. The molecule has 2 aromatic heterocycles. The molecule has 5 nitrogen and oxygen atoms in total. The van der Waals surface area contributed by atoms with Crippen LogP contribution < -0.4 is 5.32 Å². The predicted molar refractivity (Wildman–Crippen MR) is 77.0 cm³/mol. The van der Waals surface area contributed by atoms with E-state index in [0.717, 1.165) is 21.9 Å². The van der Waals surface area contributed by atoms with Gasteiger partial charge in [-0.05, 0) is 32.8 Å². The molecule has 2 N–H and O–H groups in total. The average molecular weight is 279 g/mol. The van der Waals surface area contributed by atoms with E-state index in [4.69, 9.17) is 5.11 Å². The molecule has 0 aliphatic rings. The van der Waals surface area contributed by atoms with Gasteiger partial charge in [0.15, 0.2) is 0 Å². The maximum atomic E-state index is 10.5. The molecule has 0 radical (unpaired) electrons. The number of carboxylic acids is 1. The average Bonchev–Trinajstić information content (AvgIpc) is 2.60. The first-order valence-electron chi connectivity index (χ1n) is 6.19. The van der Waals surface area contributed by atoms with Gasteiger partial charge in [-0.3, -0.25) is 4.79 Å². The molecule has 0 saturated heterocycles. The highest BCUT2D eigenvalue weighted by Crippen LogP contribution is 2.33. The maximum Gasteiger partial charge on any atom is 0.303 e. The monoisotopic (exact) mass is 279 g/mol. The van der Waals surface area contributed by atoms with Crippen LogP contribution in [0.3, 0.4) is 0 Å². The van der Waals surface area contributed by atoms with E-state index < -0.39 is 5.97 Å². The first kappa shape index (κ1) is 13.7. The minimum atomic E-state index is -0.770. The lowest BCUT2D eigenvalue weighted by Crippen LogP contribution is -2.07. The summed E-state index contributed by atoms with van der Waals surface area (Å²) in [7, 11) is 0. The van der Waals surface area contributed by atoms with E-state index in [-0.39, 0.29) is 6.42 Å². The normalized spacial score (nSPS) is 10.9. The molecule has 19 heavy (non-hydrogen) atoms. The molecule has 102 valence electrons. The lowest BCUT2D eigenvalue weighted by atomic mass is 10.2. The number of aryl methyl sites for hydroxylation is 3. The largest absolute Gasteiger partial charge is 0.481 e. The van der Waals surface area contributed by atoms with Gasteiger partial charge in [-0.1, -0.05) is 0 Å². The van der Waals surface area contributed by atoms with Gasteiger partial charge in [0.05, 0.1) is 5.39 Å². The van der Waals surface area contributed by atoms with Gasteiger partial charge in [0, 0.05) is 17.8 Å². The van der Waals surface area contributed by atoms with E-state index >= 15 is 0 Å². The number of carboxylic acid groups (broad SMARTS) is 1. The predicted octanol–water partition coefficient (Wildman–Crippen LogP) is 2.89. The van der Waals surface area contributed by atoms with Crippen molar-refractivity contribution in [2.45, 2.75) is 33.6 Å². The van der Waals surface area contributed by atoms with Crippen LogP contribution in [0, 0.1) is 20.8 Å². The van der Waals surface area contributed by atoms with Crippen LogP contribution in [0.5, 0.6) is 0 Å². The molecule has 0 atom stereocenters. The van der Waals surface area contributed by atoms with Crippen LogP contribution in [-0.4, -0.2) is 27.6 Å². The summed E-state index contributed by atoms with van der Waals surface area (Å²) in [5.41, 5.74) is 1.20. The molecular weight excluding hydrogens is 262 g/mol. The molecule has 0 saturated carbocycles. The van der Waals surface area contributed by atoms with Crippen LogP contribution in [0.15, 0.2) is 0 Å². The topological polar surface area (TPSA) is 75.1 Å². The number of aromatic nitrogens is 2. The molecular formula is C13H17N3O2S.